The molecule has 0 saturated carbocycles. The van der Waals surface area contributed by atoms with Gasteiger partial charge in [0, 0.05) is 11.6 Å². The Bertz CT molecular complexity index is 434. The molecule has 1 atom stereocenters. The molecule has 80 valence electrons. The summed E-state index contributed by atoms with van der Waals surface area (Å²) in [5, 5.41) is 0. The quantitative estimate of drug-likeness (QED) is 0.357. The molecule has 1 aliphatic heterocycles. The number of rotatable bonds is 0. The van der Waals surface area contributed by atoms with E-state index in [9.17, 15) is 17.6 Å². The van der Waals surface area contributed by atoms with Crippen LogP contribution in [0.2, 0.25) is 0 Å². The zero-order valence-electron chi connectivity index (χ0n) is 7.85. The Balaban J connectivity index is 2.58. The Morgan fingerprint density at radius 1 is 1.27 bits per heavy atom. The zero-order valence-corrected chi connectivity index (χ0v) is 7.85. The first-order valence-electron chi connectivity index (χ1n) is 4.40. The lowest BCUT2D eigenvalue weighted by Crippen LogP contribution is -2.23. The molecule has 15 heavy (non-hydrogen) atoms. The maximum absolute atomic E-state index is 12.8. The Morgan fingerprint density at radius 2 is 1.93 bits per heavy atom. The molecule has 0 aliphatic carbocycles. The number of alkyl halides is 3. The Kier molecular flexibility index (Phi) is 2.06. The second-order valence-corrected chi connectivity index (χ2v) is 3.48. The predicted molar refractivity (Wildman–Crippen MR) is 46.9 cm³/mol. The lowest BCUT2D eigenvalue weighted by Gasteiger charge is -2.02. The summed E-state index contributed by atoms with van der Waals surface area (Å²) in [6, 6.07) is 3.46. The monoisotopic (exact) mass is 218 g/mol. The molecule has 1 aromatic carbocycles. The van der Waals surface area contributed by atoms with Crippen molar-refractivity contribution in [3.63, 3.8) is 0 Å². The second kappa shape index (κ2) is 3.05. The first kappa shape index (κ1) is 10.1. The van der Waals surface area contributed by atoms with Gasteiger partial charge in [-0.1, -0.05) is 0 Å². The van der Waals surface area contributed by atoms with Gasteiger partial charge in [0.1, 0.15) is 5.82 Å². The maximum atomic E-state index is 12.8. The fraction of sp³-hybridized carbons (Fsp3) is 0.300. The van der Waals surface area contributed by atoms with Crippen molar-refractivity contribution in [2.75, 3.05) is 0 Å². The molecule has 0 spiro atoms. The molecule has 1 nitrogen and oxygen atoms in total. The number of benzene rings is 1. The molecule has 0 N–H and O–H groups in total. The first-order chi connectivity index (χ1) is 6.89. The molecule has 0 amide bonds. The van der Waals surface area contributed by atoms with E-state index in [4.69, 9.17) is 0 Å². The molecule has 0 saturated heterocycles. The van der Waals surface area contributed by atoms with E-state index >= 15 is 0 Å². The fourth-order valence-electron chi connectivity index (χ4n) is 1.72. The number of fused-ring (bicyclic) bond motifs is 1. The summed E-state index contributed by atoms with van der Waals surface area (Å²) in [6.07, 6.45) is -3.45. The lowest BCUT2D eigenvalue weighted by atomic mass is 10.0. The highest BCUT2D eigenvalue weighted by Crippen LogP contribution is 2.37. The molecule has 2 rings (SSSR count). The number of hydrogen-bond acceptors (Lipinski definition) is 0. The summed E-state index contributed by atoms with van der Waals surface area (Å²) in [5.74, 6) is -1.01. The third-order valence-corrected chi connectivity index (χ3v) is 2.39. The predicted octanol–water partition coefficient (Wildman–Crippen LogP) is 3.18. The van der Waals surface area contributed by atoms with Gasteiger partial charge >= 0.3 is 6.30 Å². The third-order valence-electron chi connectivity index (χ3n) is 2.39. The zero-order chi connectivity index (χ0) is 11.2. The summed E-state index contributed by atoms with van der Waals surface area (Å²) >= 11 is 0. The van der Waals surface area contributed by atoms with Crippen molar-refractivity contribution < 1.29 is 22.1 Å². The Morgan fingerprint density at radius 3 is 2.53 bits per heavy atom. The molecule has 0 bridgehead atoms. The average Bonchev–Trinajstić information content (AvgIpc) is 2.42. The Hall–Kier alpha value is -1.39. The third kappa shape index (κ3) is 1.62. The van der Waals surface area contributed by atoms with E-state index in [1.54, 1.807) is 6.92 Å². The van der Waals surface area contributed by atoms with Crippen LogP contribution in [0.25, 0.3) is 0 Å². The SMILES string of the molecule is CC1C=[N+](C(F)(F)F)c2cc(F)ccc21. The van der Waals surface area contributed by atoms with Crippen LogP contribution < -0.4 is 0 Å². The van der Waals surface area contributed by atoms with Crippen molar-refractivity contribution in [3.05, 3.63) is 29.6 Å². The van der Waals surface area contributed by atoms with Gasteiger partial charge in [0.25, 0.3) is 0 Å². The van der Waals surface area contributed by atoms with Crippen molar-refractivity contribution in [2.24, 2.45) is 0 Å². The fourth-order valence-corrected chi connectivity index (χ4v) is 1.72. The van der Waals surface area contributed by atoms with Crippen LogP contribution in [-0.4, -0.2) is 17.1 Å². The molecule has 0 fully saturated rings. The molecule has 1 heterocycles. The second-order valence-electron chi connectivity index (χ2n) is 3.48. The molecule has 5 heteroatoms. The summed E-state index contributed by atoms with van der Waals surface area (Å²) < 4.78 is 50.6. The molecular weight excluding hydrogens is 210 g/mol. The van der Waals surface area contributed by atoms with Crippen molar-refractivity contribution in [1.82, 2.24) is 0 Å². The molecule has 1 aromatic rings. The van der Waals surface area contributed by atoms with Crippen LogP contribution in [0.15, 0.2) is 18.2 Å². The summed E-state index contributed by atoms with van der Waals surface area (Å²) in [5.41, 5.74) is 0.378. The van der Waals surface area contributed by atoms with Crippen LogP contribution in [0, 0.1) is 5.82 Å². The van der Waals surface area contributed by atoms with E-state index in [0.29, 0.717) is 5.56 Å². The van der Waals surface area contributed by atoms with Gasteiger partial charge in [-0.15, -0.1) is 17.7 Å². The number of nitrogens with zero attached hydrogens (tertiary/aromatic N) is 1. The first-order valence-corrected chi connectivity index (χ1v) is 4.40. The minimum atomic E-state index is -4.49. The van der Waals surface area contributed by atoms with E-state index in [2.05, 4.69) is 0 Å². The van der Waals surface area contributed by atoms with E-state index in [-0.39, 0.29) is 16.2 Å². The molecular formula is C10H8F4N+. The molecule has 1 unspecified atom stereocenters. The van der Waals surface area contributed by atoms with Gasteiger partial charge in [-0.3, -0.25) is 0 Å². The number of hydrogen-bond donors (Lipinski definition) is 0. The van der Waals surface area contributed by atoms with Crippen LogP contribution >= 0.6 is 0 Å². The van der Waals surface area contributed by atoms with E-state index in [1.807, 2.05) is 0 Å². The highest BCUT2D eigenvalue weighted by atomic mass is 19.4. The van der Waals surface area contributed by atoms with Gasteiger partial charge in [0.05, 0.1) is 5.92 Å². The van der Waals surface area contributed by atoms with Crippen molar-refractivity contribution in [1.29, 1.82) is 0 Å². The smallest absolute Gasteiger partial charge is 0.207 e. The van der Waals surface area contributed by atoms with E-state index in [1.165, 1.54) is 12.1 Å². The lowest BCUT2D eigenvalue weighted by molar-refractivity contribution is -0.652. The Labute approximate surface area is 83.7 Å². The van der Waals surface area contributed by atoms with Crippen LogP contribution in [0.3, 0.4) is 0 Å². The van der Waals surface area contributed by atoms with Crippen LogP contribution in [0.5, 0.6) is 0 Å². The van der Waals surface area contributed by atoms with E-state index in [0.717, 1.165) is 12.3 Å². The normalized spacial score (nSPS) is 20.1. The standard InChI is InChI=1S/C10H8F4N/c1-6-5-15(10(12,13)14)9-4-7(11)2-3-8(6)9/h2-6H,1H3/q+1. The average molecular weight is 218 g/mol. The van der Waals surface area contributed by atoms with Crippen molar-refractivity contribution in [2.45, 2.75) is 19.1 Å². The summed E-state index contributed by atoms with van der Waals surface area (Å²) in [6.45, 7) is 1.64. The topological polar surface area (TPSA) is 3.01 Å². The van der Waals surface area contributed by atoms with Gasteiger partial charge in [-0.2, -0.15) is 0 Å². The van der Waals surface area contributed by atoms with Gasteiger partial charge in [-0.25, -0.2) is 4.39 Å². The van der Waals surface area contributed by atoms with Crippen LogP contribution in [0.4, 0.5) is 23.2 Å². The van der Waals surface area contributed by atoms with Crippen molar-refractivity contribution >= 4 is 11.9 Å². The highest BCUT2D eigenvalue weighted by molar-refractivity contribution is 5.72. The van der Waals surface area contributed by atoms with Gasteiger partial charge < -0.3 is 0 Å². The van der Waals surface area contributed by atoms with Crippen LogP contribution in [0.1, 0.15) is 18.4 Å². The van der Waals surface area contributed by atoms with Gasteiger partial charge in [0.2, 0.25) is 5.69 Å². The molecule has 0 aromatic heterocycles. The van der Waals surface area contributed by atoms with Crippen molar-refractivity contribution in [3.8, 4) is 0 Å². The summed E-state index contributed by atoms with van der Waals surface area (Å²) in [7, 11) is 0. The maximum Gasteiger partial charge on any atom is 0.638 e. The highest BCUT2D eigenvalue weighted by Gasteiger charge is 2.49. The van der Waals surface area contributed by atoms with Gasteiger partial charge in [0.15, 0.2) is 6.21 Å². The largest absolute Gasteiger partial charge is 0.638 e. The van der Waals surface area contributed by atoms with E-state index < -0.39 is 12.1 Å². The molecule has 0 radical (unpaired) electrons. The summed E-state index contributed by atoms with van der Waals surface area (Å²) in [4.78, 5) is 0. The minimum Gasteiger partial charge on any atom is -0.207 e. The number of halogens is 4. The molecule has 1 aliphatic rings. The van der Waals surface area contributed by atoms with Crippen LogP contribution in [-0.2, 0) is 0 Å². The van der Waals surface area contributed by atoms with Gasteiger partial charge in [-0.05, 0) is 19.1 Å². The minimum absolute atomic E-state index is 0.116.